The largest absolute Gasteiger partial charge is 0.493 e. The Morgan fingerprint density at radius 1 is 1.20 bits per heavy atom. The first-order chi connectivity index (χ1) is 9.26. The van der Waals surface area contributed by atoms with E-state index in [-0.39, 0.29) is 11.6 Å². The van der Waals surface area contributed by atoms with Gasteiger partial charge in [-0.25, -0.2) is 4.79 Å². The van der Waals surface area contributed by atoms with Crippen LogP contribution in [0.2, 0.25) is 0 Å². The molecular formula is C16H26N2O2. The SMILES string of the molecule is CC(C)COc1ccc(CNC(=O)NC(C)(C)C)cc1. The lowest BCUT2D eigenvalue weighted by molar-refractivity contribution is 0.231. The maximum Gasteiger partial charge on any atom is 0.315 e. The molecule has 0 saturated carbocycles. The summed E-state index contributed by atoms with van der Waals surface area (Å²) in [5.74, 6) is 1.37. The number of amides is 2. The van der Waals surface area contributed by atoms with Gasteiger partial charge in [0.25, 0.3) is 0 Å². The van der Waals surface area contributed by atoms with E-state index in [4.69, 9.17) is 4.74 Å². The molecule has 1 aromatic carbocycles. The molecule has 0 aliphatic carbocycles. The van der Waals surface area contributed by atoms with Crippen LogP contribution in [-0.4, -0.2) is 18.2 Å². The van der Waals surface area contributed by atoms with Crippen molar-refractivity contribution in [3.8, 4) is 5.75 Å². The monoisotopic (exact) mass is 278 g/mol. The average Bonchev–Trinajstić information content (AvgIpc) is 2.33. The van der Waals surface area contributed by atoms with Gasteiger partial charge >= 0.3 is 6.03 Å². The third-order valence-corrected chi connectivity index (χ3v) is 2.45. The molecule has 20 heavy (non-hydrogen) atoms. The molecule has 0 saturated heterocycles. The summed E-state index contributed by atoms with van der Waals surface area (Å²) in [6.45, 7) is 11.3. The van der Waals surface area contributed by atoms with E-state index in [0.29, 0.717) is 19.1 Å². The van der Waals surface area contributed by atoms with E-state index >= 15 is 0 Å². The van der Waals surface area contributed by atoms with Crippen LogP contribution in [0.15, 0.2) is 24.3 Å². The normalized spacial score (nSPS) is 11.3. The van der Waals surface area contributed by atoms with Gasteiger partial charge in [-0.15, -0.1) is 0 Å². The molecule has 1 aromatic rings. The second-order valence-electron chi connectivity index (χ2n) is 6.41. The molecule has 0 aliphatic rings. The van der Waals surface area contributed by atoms with E-state index in [2.05, 4.69) is 24.5 Å². The van der Waals surface area contributed by atoms with E-state index in [1.165, 1.54) is 0 Å². The van der Waals surface area contributed by atoms with Gasteiger partial charge in [-0.2, -0.15) is 0 Å². The van der Waals surface area contributed by atoms with Gasteiger partial charge in [-0.1, -0.05) is 26.0 Å². The van der Waals surface area contributed by atoms with Crippen LogP contribution in [0.5, 0.6) is 5.75 Å². The molecule has 4 heteroatoms. The maximum absolute atomic E-state index is 11.6. The van der Waals surface area contributed by atoms with Crippen molar-refractivity contribution in [2.75, 3.05) is 6.61 Å². The van der Waals surface area contributed by atoms with E-state index in [9.17, 15) is 4.79 Å². The molecular weight excluding hydrogens is 252 g/mol. The number of urea groups is 1. The maximum atomic E-state index is 11.6. The first-order valence-corrected chi connectivity index (χ1v) is 7.04. The van der Waals surface area contributed by atoms with Crippen molar-refractivity contribution in [2.45, 2.75) is 46.7 Å². The minimum atomic E-state index is -0.224. The first kappa shape index (κ1) is 16.3. The van der Waals surface area contributed by atoms with Crippen LogP contribution >= 0.6 is 0 Å². The van der Waals surface area contributed by atoms with Crippen LogP contribution in [0.1, 0.15) is 40.2 Å². The number of ether oxygens (including phenoxy) is 1. The second-order valence-corrected chi connectivity index (χ2v) is 6.41. The molecule has 2 N–H and O–H groups in total. The number of benzene rings is 1. The fraction of sp³-hybridized carbons (Fsp3) is 0.562. The zero-order valence-electron chi connectivity index (χ0n) is 13.1. The molecule has 2 amide bonds. The van der Waals surface area contributed by atoms with Crippen LogP contribution in [-0.2, 0) is 6.54 Å². The Hall–Kier alpha value is -1.71. The van der Waals surface area contributed by atoms with Crippen molar-refractivity contribution < 1.29 is 9.53 Å². The van der Waals surface area contributed by atoms with Gasteiger partial charge in [0, 0.05) is 12.1 Å². The Morgan fingerprint density at radius 2 is 1.80 bits per heavy atom. The van der Waals surface area contributed by atoms with E-state index in [1.54, 1.807) is 0 Å². The van der Waals surface area contributed by atoms with Crippen LogP contribution in [0, 0.1) is 5.92 Å². The topological polar surface area (TPSA) is 50.4 Å². The van der Waals surface area contributed by atoms with Gasteiger partial charge in [0.1, 0.15) is 5.75 Å². The Balaban J connectivity index is 2.40. The van der Waals surface area contributed by atoms with Crippen molar-refractivity contribution in [3.63, 3.8) is 0 Å². The highest BCUT2D eigenvalue weighted by Gasteiger charge is 2.12. The van der Waals surface area contributed by atoms with E-state index < -0.39 is 0 Å². The number of carbonyl (C=O) groups excluding carboxylic acids is 1. The molecule has 0 fully saturated rings. The number of rotatable bonds is 5. The predicted octanol–water partition coefficient (Wildman–Crippen LogP) is 3.32. The summed E-state index contributed by atoms with van der Waals surface area (Å²) in [6.07, 6.45) is 0. The molecule has 0 radical (unpaired) electrons. The molecule has 1 rings (SSSR count). The van der Waals surface area contributed by atoms with Crippen molar-refractivity contribution in [1.29, 1.82) is 0 Å². The quantitative estimate of drug-likeness (QED) is 0.868. The molecule has 112 valence electrons. The van der Waals surface area contributed by atoms with Gasteiger partial charge in [0.15, 0.2) is 0 Å². The molecule has 0 bridgehead atoms. The molecule has 4 nitrogen and oxygen atoms in total. The highest BCUT2D eigenvalue weighted by Crippen LogP contribution is 2.13. The Morgan fingerprint density at radius 3 is 2.30 bits per heavy atom. The minimum absolute atomic E-state index is 0.155. The van der Waals surface area contributed by atoms with Crippen LogP contribution in [0.4, 0.5) is 4.79 Å². The van der Waals surface area contributed by atoms with Crippen LogP contribution in [0.25, 0.3) is 0 Å². The van der Waals surface area contributed by atoms with Gasteiger partial charge in [-0.05, 0) is 44.4 Å². The minimum Gasteiger partial charge on any atom is -0.493 e. The van der Waals surface area contributed by atoms with Gasteiger partial charge in [0.05, 0.1) is 6.61 Å². The summed E-state index contributed by atoms with van der Waals surface area (Å²) in [4.78, 5) is 11.6. The molecule has 0 unspecified atom stereocenters. The number of nitrogens with one attached hydrogen (secondary N) is 2. The molecule has 0 aromatic heterocycles. The number of hydrogen-bond donors (Lipinski definition) is 2. The number of hydrogen-bond acceptors (Lipinski definition) is 2. The standard InChI is InChI=1S/C16H26N2O2/c1-12(2)11-20-14-8-6-13(7-9-14)10-17-15(19)18-16(3,4)5/h6-9,12H,10-11H2,1-5H3,(H2,17,18,19). The fourth-order valence-electron chi connectivity index (χ4n) is 1.53. The van der Waals surface area contributed by atoms with Crippen molar-refractivity contribution in [1.82, 2.24) is 10.6 Å². The zero-order valence-corrected chi connectivity index (χ0v) is 13.1. The third-order valence-electron chi connectivity index (χ3n) is 2.45. The average molecular weight is 278 g/mol. The summed E-state index contributed by atoms with van der Waals surface area (Å²) < 4.78 is 5.61. The summed E-state index contributed by atoms with van der Waals surface area (Å²) in [5, 5.41) is 5.69. The first-order valence-electron chi connectivity index (χ1n) is 7.04. The van der Waals surface area contributed by atoms with Gasteiger partial charge in [-0.3, -0.25) is 0 Å². The lowest BCUT2D eigenvalue weighted by Gasteiger charge is -2.20. The third kappa shape index (κ3) is 7.02. The van der Waals surface area contributed by atoms with E-state index in [0.717, 1.165) is 11.3 Å². The highest BCUT2D eigenvalue weighted by molar-refractivity contribution is 5.74. The van der Waals surface area contributed by atoms with E-state index in [1.807, 2.05) is 45.0 Å². The zero-order chi connectivity index (χ0) is 15.2. The van der Waals surface area contributed by atoms with Gasteiger partial charge in [0.2, 0.25) is 0 Å². The summed E-state index contributed by atoms with van der Waals surface area (Å²) in [7, 11) is 0. The molecule has 0 aliphatic heterocycles. The van der Waals surface area contributed by atoms with Crippen LogP contribution in [0.3, 0.4) is 0 Å². The molecule has 0 heterocycles. The van der Waals surface area contributed by atoms with Crippen LogP contribution < -0.4 is 15.4 Å². The molecule has 0 spiro atoms. The number of carbonyl (C=O) groups is 1. The van der Waals surface area contributed by atoms with Gasteiger partial charge < -0.3 is 15.4 Å². The lowest BCUT2D eigenvalue weighted by atomic mass is 10.1. The highest BCUT2D eigenvalue weighted by atomic mass is 16.5. The van der Waals surface area contributed by atoms with Crippen molar-refractivity contribution in [2.24, 2.45) is 5.92 Å². The Labute approximate surface area is 121 Å². The fourth-order valence-corrected chi connectivity index (χ4v) is 1.53. The summed E-state index contributed by atoms with van der Waals surface area (Å²) >= 11 is 0. The van der Waals surface area contributed by atoms with Crippen molar-refractivity contribution in [3.05, 3.63) is 29.8 Å². The Bertz CT molecular complexity index is 419. The summed E-state index contributed by atoms with van der Waals surface area (Å²) in [5.41, 5.74) is 0.824. The second kappa shape index (κ2) is 7.17. The lowest BCUT2D eigenvalue weighted by Crippen LogP contribution is -2.46. The summed E-state index contributed by atoms with van der Waals surface area (Å²) in [6, 6.07) is 7.64. The van der Waals surface area contributed by atoms with Crippen molar-refractivity contribution >= 4 is 6.03 Å². The predicted molar refractivity (Wildman–Crippen MR) is 81.9 cm³/mol. The molecule has 0 atom stereocenters. The Kier molecular flexibility index (Phi) is 5.86. The smallest absolute Gasteiger partial charge is 0.315 e.